The van der Waals surface area contributed by atoms with Crippen molar-refractivity contribution in [2.24, 2.45) is 0 Å². The zero-order valence-corrected chi connectivity index (χ0v) is 18.7. The van der Waals surface area contributed by atoms with Crippen molar-refractivity contribution in [2.45, 2.75) is 20.5 Å². The predicted octanol–water partition coefficient (Wildman–Crippen LogP) is 4.38. The Morgan fingerprint density at radius 3 is 2.41 bits per heavy atom. The van der Waals surface area contributed by atoms with Crippen LogP contribution in [0.1, 0.15) is 47.8 Å². The second-order valence-corrected chi connectivity index (χ2v) is 7.83. The van der Waals surface area contributed by atoms with Crippen LogP contribution in [0.4, 0.5) is 11.4 Å². The molecule has 0 saturated heterocycles. The number of esters is 1. The van der Waals surface area contributed by atoms with Crippen LogP contribution in [0.15, 0.2) is 54.6 Å². The van der Waals surface area contributed by atoms with E-state index in [2.05, 4.69) is 0 Å². The lowest BCUT2D eigenvalue weighted by Crippen LogP contribution is -2.30. The topological polar surface area (TPSA) is 116 Å². The molecule has 0 saturated carbocycles. The number of hydrogen-bond donors (Lipinski definition) is 0. The molecule has 0 aromatic heterocycles. The van der Waals surface area contributed by atoms with Gasteiger partial charge < -0.3 is 9.47 Å². The highest BCUT2D eigenvalue weighted by Gasteiger charge is 2.38. The standard InChI is InChI=1S/C25H20N2O7/c1-14-4-5-15(2)21(10-14)26-23(28)19-8-6-16(12-20(19)24(26)29)25(30)34-13-17-11-18(27(31)32)7-9-22(17)33-3/h4-12H,13H2,1-3H3. The molecule has 0 radical (unpaired) electrons. The van der Waals surface area contributed by atoms with Crippen LogP contribution in [0.25, 0.3) is 0 Å². The third-order valence-electron chi connectivity index (χ3n) is 5.56. The second kappa shape index (κ2) is 8.78. The number of nitro groups is 1. The molecule has 0 aliphatic carbocycles. The fourth-order valence-electron chi connectivity index (χ4n) is 3.76. The number of benzene rings is 3. The van der Waals surface area contributed by atoms with Gasteiger partial charge in [-0.3, -0.25) is 19.7 Å². The van der Waals surface area contributed by atoms with Crippen LogP contribution in [-0.2, 0) is 11.3 Å². The first kappa shape index (κ1) is 22.7. The minimum atomic E-state index is -0.748. The number of nitro benzene ring substituents is 1. The highest BCUT2D eigenvalue weighted by Crippen LogP contribution is 2.32. The monoisotopic (exact) mass is 460 g/mol. The number of methoxy groups -OCH3 is 1. The molecule has 0 bridgehead atoms. The van der Waals surface area contributed by atoms with Gasteiger partial charge in [-0.15, -0.1) is 0 Å². The number of imide groups is 1. The quantitative estimate of drug-likeness (QED) is 0.232. The van der Waals surface area contributed by atoms with Crippen LogP contribution >= 0.6 is 0 Å². The summed E-state index contributed by atoms with van der Waals surface area (Å²) in [6.45, 7) is 3.40. The Morgan fingerprint density at radius 2 is 1.71 bits per heavy atom. The number of aryl methyl sites for hydroxylation is 2. The van der Waals surface area contributed by atoms with Crippen LogP contribution in [0.3, 0.4) is 0 Å². The average molecular weight is 460 g/mol. The Hall–Kier alpha value is -4.53. The molecule has 0 atom stereocenters. The molecule has 0 unspecified atom stereocenters. The van der Waals surface area contributed by atoms with Crippen molar-refractivity contribution in [1.82, 2.24) is 0 Å². The van der Waals surface area contributed by atoms with Crippen LogP contribution in [0.2, 0.25) is 0 Å². The molecule has 1 aliphatic heterocycles. The summed E-state index contributed by atoms with van der Waals surface area (Å²) in [4.78, 5) is 50.3. The summed E-state index contributed by atoms with van der Waals surface area (Å²) in [5, 5.41) is 11.0. The number of fused-ring (bicyclic) bond motifs is 1. The molecule has 1 heterocycles. The summed E-state index contributed by atoms with van der Waals surface area (Å²) in [5.41, 5.74) is 2.69. The lowest BCUT2D eigenvalue weighted by molar-refractivity contribution is -0.385. The molecule has 3 aromatic rings. The third-order valence-corrected chi connectivity index (χ3v) is 5.56. The van der Waals surface area contributed by atoms with E-state index in [0.717, 1.165) is 16.0 Å². The Labute approximate surface area is 194 Å². The minimum absolute atomic E-state index is 0.0760. The maximum absolute atomic E-state index is 13.1. The molecule has 9 nitrogen and oxygen atoms in total. The van der Waals surface area contributed by atoms with Crippen LogP contribution in [0, 0.1) is 24.0 Å². The lowest BCUT2D eigenvalue weighted by Gasteiger charge is -2.17. The van der Waals surface area contributed by atoms with E-state index in [9.17, 15) is 24.5 Å². The van der Waals surface area contributed by atoms with Crippen molar-refractivity contribution in [1.29, 1.82) is 0 Å². The number of rotatable bonds is 6. The molecule has 0 spiro atoms. The van der Waals surface area contributed by atoms with Crippen molar-refractivity contribution in [3.63, 3.8) is 0 Å². The highest BCUT2D eigenvalue weighted by molar-refractivity contribution is 6.35. The van der Waals surface area contributed by atoms with Gasteiger partial charge in [0.2, 0.25) is 0 Å². The Kier molecular flexibility index (Phi) is 5.85. The Morgan fingerprint density at radius 1 is 0.971 bits per heavy atom. The van der Waals surface area contributed by atoms with E-state index in [0.29, 0.717) is 17.0 Å². The van der Waals surface area contributed by atoms with E-state index in [4.69, 9.17) is 9.47 Å². The van der Waals surface area contributed by atoms with Gasteiger partial charge in [-0.2, -0.15) is 0 Å². The molecule has 2 amide bonds. The van der Waals surface area contributed by atoms with Gasteiger partial charge in [-0.1, -0.05) is 12.1 Å². The van der Waals surface area contributed by atoms with E-state index in [-0.39, 0.29) is 29.0 Å². The smallest absolute Gasteiger partial charge is 0.338 e. The Bertz CT molecular complexity index is 1360. The molecule has 0 fully saturated rings. The van der Waals surface area contributed by atoms with Gasteiger partial charge in [0, 0.05) is 17.7 Å². The molecular weight excluding hydrogens is 440 g/mol. The SMILES string of the molecule is COc1ccc([N+](=O)[O-])cc1COC(=O)c1ccc2c(c1)C(=O)N(c1cc(C)ccc1C)C2=O. The molecular formula is C25H20N2O7. The van der Waals surface area contributed by atoms with Gasteiger partial charge in [0.05, 0.1) is 34.4 Å². The first-order chi connectivity index (χ1) is 16.2. The van der Waals surface area contributed by atoms with Crippen molar-refractivity contribution in [2.75, 3.05) is 12.0 Å². The summed E-state index contributed by atoms with van der Waals surface area (Å²) in [7, 11) is 1.40. The van der Waals surface area contributed by atoms with E-state index >= 15 is 0 Å². The Balaban J connectivity index is 1.57. The van der Waals surface area contributed by atoms with Gasteiger partial charge in [0.15, 0.2) is 0 Å². The van der Waals surface area contributed by atoms with E-state index in [1.54, 1.807) is 6.07 Å². The number of nitrogens with zero attached hydrogens (tertiary/aromatic N) is 2. The number of carbonyl (C=O) groups excluding carboxylic acids is 3. The van der Waals surface area contributed by atoms with Crippen LogP contribution < -0.4 is 9.64 Å². The molecule has 3 aromatic carbocycles. The molecule has 34 heavy (non-hydrogen) atoms. The van der Waals surface area contributed by atoms with Crippen molar-refractivity contribution in [3.05, 3.63) is 98.1 Å². The number of anilines is 1. The van der Waals surface area contributed by atoms with Gasteiger partial charge in [-0.25, -0.2) is 9.69 Å². The first-order valence-corrected chi connectivity index (χ1v) is 10.3. The van der Waals surface area contributed by atoms with Gasteiger partial charge >= 0.3 is 5.97 Å². The van der Waals surface area contributed by atoms with Gasteiger partial charge in [0.1, 0.15) is 12.4 Å². The fourth-order valence-corrected chi connectivity index (χ4v) is 3.76. The van der Waals surface area contributed by atoms with Crippen LogP contribution in [0.5, 0.6) is 5.75 Å². The van der Waals surface area contributed by atoms with E-state index in [1.807, 2.05) is 26.0 Å². The zero-order valence-electron chi connectivity index (χ0n) is 18.7. The predicted molar refractivity (Wildman–Crippen MR) is 122 cm³/mol. The van der Waals surface area contributed by atoms with Gasteiger partial charge in [0.25, 0.3) is 17.5 Å². The maximum atomic E-state index is 13.1. The number of carbonyl (C=O) groups is 3. The summed E-state index contributed by atoms with van der Waals surface area (Å²) in [6, 6.07) is 13.6. The van der Waals surface area contributed by atoms with Crippen molar-refractivity contribution >= 4 is 29.2 Å². The molecule has 1 aliphatic rings. The fraction of sp³-hybridized carbons (Fsp3) is 0.160. The maximum Gasteiger partial charge on any atom is 0.338 e. The molecule has 4 rings (SSSR count). The highest BCUT2D eigenvalue weighted by atomic mass is 16.6. The molecule has 9 heteroatoms. The first-order valence-electron chi connectivity index (χ1n) is 10.3. The third kappa shape index (κ3) is 3.99. The largest absolute Gasteiger partial charge is 0.496 e. The van der Waals surface area contributed by atoms with Crippen molar-refractivity contribution in [3.8, 4) is 5.75 Å². The zero-order chi connectivity index (χ0) is 24.6. The van der Waals surface area contributed by atoms with Crippen molar-refractivity contribution < 1.29 is 28.8 Å². The van der Waals surface area contributed by atoms with Crippen LogP contribution in [-0.4, -0.2) is 29.8 Å². The summed E-state index contributed by atoms with van der Waals surface area (Å²) in [5.74, 6) is -1.40. The molecule has 172 valence electrons. The number of amides is 2. The minimum Gasteiger partial charge on any atom is -0.496 e. The summed E-state index contributed by atoms with van der Waals surface area (Å²) in [6.07, 6.45) is 0. The number of hydrogen-bond acceptors (Lipinski definition) is 7. The average Bonchev–Trinajstić information content (AvgIpc) is 3.08. The van der Waals surface area contributed by atoms with E-state index < -0.39 is 22.7 Å². The number of non-ortho nitro benzene ring substituents is 1. The van der Waals surface area contributed by atoms with E-state index in [1.165, 1.54) is 43.5 Å². The summed E-state index contributed by atoms with van der Waals surface area (Å²) >= 11 is 0. The summed E-state index contributed by atoms with van der Waals surface area (Å²) < 4.78 is 10.5. The van der Waals surface area contributed by atoms with Gasteiger partial charge in [-0.05, 0) is 55.3 Å². The normalized spacial score (nSPS) is 12.5. The lowest BCUT2D eigenvalue weighted by atomic mass is 10.1. The number of ether oxygens (including phenoxy) is 2. The molecule has 0 N–H and O–H groups in total. The second-order valence-electron chi connectivity index (χ2n) is 7.83.